The average Bonchev–Trinajstić information content (AvgIpc) is 3.07. The Balaban J connectivity index is 1.45. The van der Waals surface area contributed by atoms with E-state index in [0.29, 0.717) is 23.6 Å². The molecule has 0 saturated carbocycles. The number of anilines is 2. The molecule has 5 heterocycles. The molecule has 0 spiro atoms. The quantitative estimate of drug-likeness (QED) is 0.437. The predicted octanol–water partition coefficient (Wildman–Crippen LogP) is 3.04. The monoisotopic (exact) mass is 497 g/mol. The van der Waals surface area contributed by atoms with E-state index in [2.05, 4.69) is 25.6 Å². The van der Waals surface area contributed by atoms with Crippen molar-refractivity contribution >= 4 is 22.7 Å². The van der Waals surface area contributed by atoms with Crippen molar-refractivity contribution in [1.82, 2.24) is 29.6 Å². The molecule has 0 aliphatic carbocycles. The summed E-state index contributed by atoms with van der Waals surface area (Å²) in [5.41, 5.74) is 3.04. The van der Waals surface area contributed by atoms with Crippen molar-refractivity contribution in [1.29, 1.82) is 0 Å². The summed E-state index contributed by atoms with van der Waals surface area (Å²) in [5, 5.41) is 6.41. The number of halogens is 3. The fourth-order valence-corrected chi connectivity index (χ4v) is 4.51. The molecule has 0 amide bonds. The van der Waals surface area contributed by atoms with E-state index in [1.54, 1.807) is 18.2 Å². The Kier molecular flexibility index (Phi) is 5.49. The molecule has 1 aromatic carbocycles. The minimum Gasteiger partial charge on any atom is -0.380 e. The standard InChI is InChI=1S/C24H22F3N7O2/c25-24(26,27)13-33-22(35)18-10-29-23(30-17-5-4-14-6-7-28-9-15(14)8-17)32-21(18)34(33)20-3-1-2-19(31-20)16-11-36-12-16/h1-5,8,10,16,28H,6-7,9,11-13H2,(H,29,30,32). The molecule has 6 rings (SSSR count). The van der Waals surface area contributed by atoms with E-state index in [9.17, 15) is 18.0 Å². The highest BCUT2D eigenvalue weighted by molar-refractivity contribution is 5.77. The highest BCUT2D eigenvalue weighted by atomic mass is 19.4. The Labute approximate surface area is 202 Å². The second-order valence-electron chi connectivity index (χ2n) is 8.91. The maximum absolute atomic E-state index is 13.5. The molecule has 2 aliphatic rings. The van der Waals surface area contributed by atoms with Gasteiger partial charge in [0.1, 0.15) is 11.9 Å². The molecule has 0 radical (unpaired) electrons. The number of hydrogen-bond donors (Lipinski definition) is 2. The lowest BCUT2D eigenvalue weighted by Gasteiger charge is -2.25. The summed E-state index contributed by atoms with van der Waals surface area (Å²) in [6, 6.07) is 11.0. The molecule has 1 fully saturated rings. The number of fused-ring (bicyclic) bond motifs is 2. The molecule has 2 N–H and O–H groups in total. The number of benzene rings is 1. The molecule has 186 valence electrons. The van der Waals surface area contributed by atoms with Crippen molar-refractivity contribution in [2.75, 3.05) is 25.1 Å². The Bertz CT molecular complexity index is 1510. The minimum atomic E-state index is -4.62. The first kappa shape index (κ1) is 22.7. The number of nitrogens with one attached hydrogen (secondary N) is 2. The lowest BCUT2D eigenvalue weighted by atomic mass is 10.0. The molecule has 0 unspecified atom stereocenters. The number of nitrogens with zero attached hydrogens (tertiary/aromatic N) is 5. The Hall–Kier alpha value is -3.77. The molecule has 4 aromatic rings. The second-order valence-corrected chi connectivity index (χ2v) is 8.91. The zero-order chi connectivity index (χ0) is 24.9. The summed E-state index contributed by atoms with van der Waals surface area (Å²) < 4.78 is 47.3. The van der Waals surface area contributed by atoms with Gasteiger partial charge in [-0.3, -0.25) is 4.79 Å². The van der Waals surface area contributed by atoms with E-state index in [-0.39, 0.29) is 28.7 Å². The summed E-state index contributed by atoms with van der Waals surface area (Å²) in [6.45, 7) is 1.17. The first-order valence-corrected chi connectivity index (χ1v) is 11.6. The van der Waals surface area contributed by atoms with Gasteiger partial charge >= 0.3 is 6.18 Å². The number of aromatic nitrogens is 5. The van der Waals surface area contributed by atoms with E-state index in [1.165, 1.54) is 11.8 Å². The van der Waals surface area contributed by atoms with Crippen LogP contribution in [0.15, 0.2) is 47.4 Å². The van der Waals surface area contributed by atoms with Gasteiger partial charge in [0.25, 0.3) is 5.56 Å². The Morgan fingerprint density at radius 3 is 2.78 bits per heavy atom. The number of ether oxygens (including phenoxy) is 1. The summed E-state index contributed by atoms with van der Waals surface area (Å²) in [5.74, 6) is 0.382. The number of alkyl halides is 3. The average molecular weight is 497 g/mol. The minimum absolute atomic E-state index is 0.0291. The van der Waals surface area contributed by atoms with Crippen LogP contribution in [0.5, 0.6) is 0 Å². The molecule has 9 nitrogen and oxygen atoms in total. The van der Waals surface area contributed by atoms with Gasteiger partial charge in [-0.1, -0.05) is 12.1 Å². The molecular weight excluding hydrogens is 475 g/mol. The van der Waals surface area contributed by atoms with Gasteiger partial charge in [0.05, 0.1) is 18.9 Å². The van der Waals surface area contributed by atoms with Crippen LogP contribution in [0.4, 0.5) is 24.8 Å². The van der Waals surface area contributed by atoms with Crippen molar-refractivity contribution in [3.8, 4) is 5.82 Å². The summed E-state index contributed by atoms with van der Waals surface area (Å²) in [4.78, 5) is 26.2. The van der Waals surface area contributed by atoms with E-state index >= 15 is 0 Å². The normalized spacial score (nSPS) is 16.1. The van der Waals surface area contributed by atoms with E-state index in [4.69, 9.17) is 4.74 Å². The van der Waals surface area contributed by atoms with Gasteiger partial charge < -0.3 is 15.4 Å². The van der Waals surface area contributed by atoms with E-state index in [0.717, 1.165) is 35.4 Å². The fraction of sp³-hybridized carbons (Fsp3) is 0.333. The van der Waals surface area contributed by atoms with Crippen LogP contribution in [-0.4, -0.2) is 50.3 Å². The first-order chi connectivity index (χ1) is 17.4. The lowest BCUT2D eigenvalue weighted by Crippen LogP contribution is -2.31. The van der Waals surface area contributed by atoms with Gasteiger partial charge in [-0.2, -0.15) is 18.2 Å². The Morgan fingerprint density at radius 1 is 1.14 bits per heavy atom. The highest BCUT2D eigenvalue weighted by Crippen LogP contribution is 2.26. The molecule has 12 heteroatoms. The zero-order valence-electron chi connectivity index (χ0n) is 19.0. The van der Waals surface area contributed by atoms with Crippen molar-refractivity contribution in [3.63, 3.8) is 0 Å². The van der Waals surface area contributed by atoms with Crippen molar-refractivity contribution < 1.29 is 17.9 Å². The molecule has 0 atom stereocenters. The summed E-state index contributed by atoms with van der Waals surface area (Å²) in [7, 11) is 0. The predicted molar refractivity (Wildman–Crippen MR) is 126 cm³/mol. The summed E-state index contributed by atoms with van der Waals surface area (Å²) in [6.07, 6.45) is -2.43. The largest absolute Gasteiger partial charge is 0.408 e. The third-order valence-electron chi connectivity index (χ3n) is 6.38. The molecule has 3 aromatic heterocycles. The van der Waals surface area contributed by atoms with Crippen LogP contribution in [0.1, 0.15) is 22.7 Å². The van der Waals surface area contributed by atoms with Crippen LogP contribution >= 0.6 is 0 Å². The van der Waals surface area contributed by atoms with Crippen LogP contribution in [0.3, 0.4) is 0 Å². The first-order valence-electron chi connectivity index (χ1n) is 11.6. The van der Waals surface area contributed by atoms with Gasteiger partial charge in [0, 0.05) is 24.3 Å². The molecule has 0 bridgehead atoms. The number of pyridine rings is 1. The van der Waals surface area contributed by atoms with Crippen molar-refractivity contribution in [3.05, 3.63) is 69.8 Å². The fourth-order valence-electron chi connectivity index (χ4n) is 4.51. The third-order valence-corrected chi connectivity index (χ3v) is 6.38. The SMILES string of the molecule is O=c1c2cnc(Nc3ccc4c(c3)CNCC4)nc2n(-c2cccc(C3COC3)n2)n1CC(F)(F)F. The smallest absolute Gasteiger partial charge is 0.380 e. The highest BCUT2D eigenvalue weighted by Gasteiger charge is 2.32. The van der Waals surface area contributed by atoms with Gasteiger partial charge in [-0.15, -0.1) is 0 Å². The molecule has 1 saturated heterocycles. The number of hydrogen-bond acceptors (Lipinski definition) is 7. The van der Waals surface area contributed by atoms with Gasteiger partial charge in [0.15, 0.2) is 11.5 Å². The topological polar surface area (TPSA) is 98.9 Å². The number of rotatable bonds is 5. The lowest BCUT2D eigenvalue weighted by molar-refractivity contribution is -0.144. The molecule has 36 heavy (non-hydrogen) atoms. The van der Waals surface area contributed by atoms with Crippen LogP contribution in [0.25, 0.3) is 16.9 Å². The third kappa shape index (κ3) is 4.22. The van der Waals surface area contributed by atoms with Gasteiger partial charge in [-0.25, -0.2) is 19.3 Å². The van der Waals surface area contributed by atoms with E-state index < -0.39 is 18.3 Å². The summed E-state index contributed by atoms with van der Waals surface area (Å²) >= 11 is 0. The van der Waals surface area contributed by atoms with Crippen LogP contribution in [0.2, 0.25) is 0 Å². The zero-order valence-corrected chi connectivity index (χ0v) is 19.0. The van der Waals surface area contributed by atoms with Crippen molar-refractivity contribution in [2.45, 2.75) is 31.6 Å². The van der Waals surface area contributed by atoms with Crippen LogP contribution < -0.4 is 16.2 Å². The van der Waals surface area contributed by atoms with Crippen LogP contribution in [-0.2, 0) is 24.2 Å². The Morgan fingerprint density at radius 2 is 2.00 bits per heavy atom. The van der Waals surface area contributed by atoms with Crippen molar-refractivity contribution in [2.24, 2.45) is 0 Å². The van der Waals surface area contributed by atoms with E-state index in [1.807, 2.05) is 18.2 Å². The molecule has 2 aliphatic heterocycles. The molecular formula is C24H22F3N7O2. The van der Waals surface area contributed by atoms with Gasteiger partial charge in [-0.05, 0) is 48.4 Å². The maximum Gasteiger partial charge on any atom is 0.408 e. The maximum atomic E-state index is 13.5. The van der Waals surface area contributed by atoms with Gasteiger partial charge in [0.2, 0.25) is 5.95 Å². The van der Waals surface area contributed by atoms with Crippen LogP contribution in [0, 0.1) is 0 Å². The second kappa shape index (κ2) is 8.71.